The zero-order valence-electron chi connectivity index (χ0n) is 13.9. The van der Waals surface area contributed by atoms with E-state index in [1.165, 1.54) is 6.26 Å². The smallest absolute Gasteiger partial charge is 0.174 e. The van der Waals surface area contributed by atoms with Crippen molar-refractivity contribution < 1.29 is 14.0 Å². The van der Waals surface area contributed by atoms with Crippen LogP contribution in [0, 0.1) is 10.8 Å². The molecule has 0 saturated carbocycles. The maximum atomic E-state index is 13.2. The van der Waals surface area contributed by atoms with Crippen LogP contribution >= 0.6 is 0 Å². The van der Waals surface area contributed by atoms with Crippen molar-refractivity contribution >= 4 is 11.6 Å². The van der Waals surface area contributed by atoms with Gasteiger partial charge in [-0.1, -0.05) is 65.8 Å². The quantitative estimate of drug-likeness (QED) is 0.341. The van der Waals surface area contributed by atoms with Gasteiger partial charge in [0.2, 0.25) is 0 Å². The average Bonchev–Trinajstić information content (AvgIpc) is 3.23. The molecule has 26 heavy (non-hydrogen) atoms. The van der Waals surface area contributed by atoms with Gasteiger partial charge in [-0.25, -0.2) is 0 Å². The van der Waals surface area contributed by atoms with E-state index in [0.717, 1.165) is 0 Å². The first-order chi connectivity index (χ1) is 12.7. The monoisotopic (exact) mass is 347 g/mol. The first-order valence-corrected chi connectivity index (χ1v) is 8.23. The third kappa shape index (κ3) is 3.67. The Morgan fingerprint density at radius 2 is 1.35 bits per heavy atom. The molecule has 0 aliphatic carbocycles. The zero-order valence-corrected chi connectivity index (χ0v) is 13.9. The van der Waals surface area contributed by atoms with Crippen LogP contribution in [-0.4, -0.2) is 18.1 Å². The Bertz CT molecular complexity index is 821. The first-order valence-electron chi connectivity index (χ1n) is 8.23. The summed E-state index contributed by atoms with van der Waals surface area (Å²) in [5.74, 6) is -2.18. The van der Waals surface area contributed by atoms with Crippen LogP contribution < -0.4 is 0 Å². The third-order valence-electron chi connectivity index (χ3n) is 4.26. The van der Waals surface area contributed by atoms with Crippen molar-refractivity contribution in [2.75, 3.05) is 6.54 Å². The highest BCUT2D eigenvalue weighted by atomic mass is 16.3. The van der Waals surface area contributed by atoms with Crippen LogP contribution in [0.25, 0.3) is 0 Å². The molecule has 2 aromatic carbocycles. The number of nitrogens with zero attached hydrogens (tertiary/aromatic N) is 1. The fraction of sp³-hybridized carbons (Fsp3) is 0.143. The lowest BCUT2D eigenvalue weighted by Gasteiger charge is -2.22. The molecule has 0 aliphatic heterocycles. The van der Waals surface area contributed by atoms with Gasteiger partial charge in [0.15, 0.2) is 11.6 Å². The molecule has 130 valence electrons. The van der Waals surface area contributed by atoms with Crippen molar-refractivity contribution in [2.24, 2.45) is 11.1 Å². The number of benzene rings is 2. The fourth-order valence-electron chi connectivity index (χ4n) is 2.99. The van der Waals surface area contributed by atoms with Gasteiger partial charge >= 0.3 is 0 Å². The lowest BCUT2D eigenvalue weighted by atomic mass is 9.79. The van der Waals surface area contributed by atoms with Crippen molar-refractivity contribution in [1.29, 1.82) is 0 Å². The van der Waals surface area contributed by atoms with Gasteiger partial charge in [-0.2, -0.15) is 4.91 Å². The molecule has 0 saturated heterocycles. The molecule has 0 fully saturated rings. The van der Waals surface area contributed by atoms with Crippen LogP contribution in [-0.2, 0) is 0 Å². The molecule has 1 heterocycles. The summed E-state index contributed by atoms with van der Waals surface area (Å²) in [6, 6.07) is 20.4. The van der Waals surface area contributed by atoms with Crippen molar-refractivity contribution in [3.8, 4) is 0 Å². The second-order valence-corrected chi connectivity index (χ2v) is 5.87. The van der Waals surface area contributed by atoms with Crippen LogP contribution in [0.15, 0.2) is 88.7 Å². The van der Waals surface area contributed by atoms with E-state index in [1.807, 2.05) is 0 Å². The predicted octanol–water partition coefficient (Wildman–Crippen LogP) is 4.51. The highest BCUT2D eigenvalue weighted by Crippen LogP contribution is 2.31. The number of ketones is 2. The molecule has 1 aromatic heterocycles. The number of furan rings is 1. The molecule has 0 aliphatic rings. The van der Waals surface area contributed by atoms with Crippen LogP contribution in [0.2, 0.25) is 0 Å². The Morgan fingerprint density at radius 3 is 1.77 bits per heavy atom. The number of hydrogen-bond acceptors (Lipinski definition) is 5. The summed E-state index contributed by atoms with van der Waals surface area (Å²) in [4.78, 5) is 37.3. The van der Waals surface area contributed by atoms with Crippen LogP contribution in [0.1, 0.15) is 32.4 Å². The highest BCUT2D eigenvalue weighted by Gasteiger charge is 2.38. The number of nitroso groups, excluding NO2 is 1. The van der Waals surface area contributed by atoms with E-state index in [1.54, 1.807) is 72.8 Å². The first kappa shape index (κ1) is 17.5. The zero-order chi connectivity index (χ0) is 18.4. The van der Waals surface area contributed by atoms with Gasteiger partial charge in [0.25, 0.3) is 0 Å². The van der Waals surface area contributed by atoms with Crippen LogP contribution in [0.3, 0.4) is 0 Å². The van der Waals surface area contributed by atoms with Gasteiger partial charge in [-0.15, -0.1) is 0 Å². The number of carbonyl (C=O) groups excluding carboxylic acids is 2. The molecular formula is C21H17NO4. The molecule has 0 N–H and O–H groups in total. The van der Waals surface area contributed by atoms with Crippen LogP contribution in [0.4, 0.5) is 0 Å². The van der Waals surface area contributed by atoms with Gasteiger partial charge in [-0.05, 0) is 12.1 Å². The van der Waals surface area contributed by atoms with E-state index in [0.29, 0.717) is 16.9 Å². The summed E-state index contributed by atoms with van der Waals surface area (Å²) >= 11 is 0. The van der Waals surface area contributed by atoms with E-state index < -0.39 is 11.8 Å². The molecule has 0 spiro atoms. The van der Waals surface area contributed by atoms with Crippen LogP contribution in [0.5, 0.6) is 0 Å². The summed E-state index contributed by atoms with van der Waals surface area (Å²) in [6.07, 6.45) is 1.45. The Labute approximate surface area is 150 Å². The Balaban J connectivity index is 2.07. The highest BCUT2D eigenvalue weighted by molar-refractivity contribution is 6.16. The molecular weight excluding hydrogens is 330 g/mol. The maximum Gasteiger partial charge on any atom is 0.174 e. The minimum Gasteiger partial charge on any atom is -0.469 e. The van der Waals surface area contributed by atoms with Crippen molar-refractivity contribution in [1.82, 2.24) is 0 Å². The fourth-order valence-corrected chi connectivity index (χ4v) is 2.99. The Kier molecular flexibility index (Phi) is 5.49. The lowest BCUT2D eigenvalue weighted by Crippen LogP contribution is -2.32. The van der Waals surface area contributed by atoms with E-state index in [4.69, 9.17) is 4.42 Å². The second kappa shape index (κ2) is 8.16. The number of rotatable bonds is 8. The van der Waals surface area contributed by atoms with Crippen molar-refractivity contribution in [3.63, 3.8) is 0 Å². The van der Waals surface area contributed by atoms with Gasteiger partial charge in [-0.3, -0.25) is 9.59 Å². The van der Waals surface area contributed by atoms with Gasteiger partial charge in [0.1, 0.15) is 5.76 Å². The normalized spacial score (nSPS) is 11.9. The summed E-state index contributed by atoms with van der Waals surface area (Å²) in [5.41, 5.74) is 0.813. The summed E-state index contributed by atoms with van der Waals surface area (Å²) < 4.78 is 5.40. The standard InChI is InChI=1S/C21H17NO4/c23-20(15-8-3-1-4-9-15)19(21(24)16-10-5-2-6-11-16)17(14-22-25)18-12-7-13-26-18/h1-13,17,19H,14H2/t17-/m1/s1. The lowest BCUT2D eigenvalue weighted by molar-refractivity contribution is 0.0776. The van der Waals surface area contributed by atoms with Gasteiger partial charge in [0.05, 0.1) is 24.6 Å². The molecule has 3 aromatic rings. The summed E-state index contributed by atoms with van der Waals surface area (Å²) in [7, 11) is 0. The molecule has 5 nitrogen and oxygen atoms in total. The average molecular weight is 347 g/mol. The molecule has 0 unspecified atom stereocenters. The number of Topliss-reactive ketones (excluding diaryl/α,β-unsaturated/α-hetero) is 2. The predicted molar refractivity (Wildman–Crippen MR) is 97.1 cm³/mol. The Hall–Kier alpha value is -3.34. The van der Waals surface area contributed by atoms with E-state index in [-0.39, 0.29) is 18.1 Å². The minimum absolute atomic E-state index is 0.227. The number of carbonyl (C=O) groups is 2. The molecule has 0 radical (unpaired) electrons. The molecule has 1 atom stereocenters. The third-order valence-corrected chi connectivity index (χ3v) is 4.26. The van der Waals surface area contributed by atoms with Crippen molar-refractivity contribution in [3.05, 3.63) is 101 Å². The van der Waals surface area contributed by atoms with Crippen molar-refractivity contribution in [2.45, 2.75) is 5.92 Å². The largest absolute Gasteiger partial charge is 0.469 e. The maximum absolute atomic E-state index is 13.2. The SMILES string of the molecule is O=NC[C@H](c1ccco1)C(C(=O)c1ccccc1)C(=O)c1ccccc1. The van der Waals surface area contributed by atoms with Gasteiger partial charge in [0, 0.05) is 11.1 Å². The number of hydrogen-bond donors (Lipinski definition) is 0. The summed E-state index contributed by atoms with van der Waals surface area (Å²) in [6.45, 7) is -0.227. The molecule has 0 bridgehead atoms. The van der Waals surface area contributed by atoms with E-state index in [9.17, 15) is 14.5 Å². The molecule has 3 rings (SSSR count). The Morgan fingerprint density at radius 1 is 0.808 bits per heavy atom. The minimum atomic E-state index is -1.09. The summed E-state index contributed by atoms with van der Waals surface area (Å²) in [5, 5.41) is 2.95. The van der Waals surface area contributed by atoms with Gasteiger partial charge < -0.3 is 4.42 Å². The molecule has 5 heteroatoms. The van der Waals surface area contributed by atoms with E-state index in [2.05, 4.69) is 5.18 Å². The topological polar surface area (TPSA) is 76.7 Å². The molecule has 0 amide bonds. The second-order valence-electron chi connectivity index (χ2n) is 5.87. The van der Waals surface area contributed by atoms with E-state index >= 15 is 0 Å².